The molecule has 3 nitrogen and oxygen atoms in total. The Hall–Kier alpha value is -2.59. The maximum Gasteiger partial charge on any atom is 0.243 e. The standard InChI is InChI=1S/C20H17BrN2O/c21-16-9-6-10-17(13-16)22-14-20(24)23-19-12-5-4-11-18(19)15-7-2-1-3-8-15/h1-13,22H,14H2,(H,23,24). The van der Waals surface area contributed by atoms with Gasteiger partial charge in [0.05, 0.1) is 6.54 Å². The van der Waals surface area contributed by atoms with Crippen LogP contribution in [0.5, 0.6) is 0 Å². The summed E-state index contributed by atoms with van der Waals surface area (Å²) >= 11 is 3.42. The minimum atomic E-state index is -0.0849. The van der Waals surface area contributed by atoms with Crippen LogP contribution in [-0.2, 0) is 4.79 Å². The van der Waals surface area contributed by atoms with Crippen LogP contribution in [0.15, 0.2) is 83.3 Å². The number of carbonyl (C=O) groups excluding carboxylic acids is 1. The number of hydrogen-bond donors (Lipinski definition) is 2. The highest BCUT2D eigenvalue weighted by Gasteiger charge is 2.08. The van der Waals surface area contributed by atoms with Crippen molar-refractivity contribution in [2.24, 2.45) is 0 Å². The Morgan fingerprint density at radius 3 is 2.42 bits per heavy atom. The topological polar surface area (TPSA) is 41.1 Å². The maximum absolute atomic E-state index is 12.3. The number of anilines is 2. The molecule has 0 aliphatic heterocycles. The molecule has 4 heteroatoms. The van der Waals surface area contributed by atoms with Crippen LogP contribution in [0.25, 0.3) is 11.1 Å². The van der Waals surface area contributed by atoms with Crippen molar-refractivity contribution in [3.63, 3.8) is 0 Å². The molecule has 0 spiro atoms. The molecule has 120 valence electrons. The Balaban J connectivity index is 1.69. The molecule has 0 unspecified atom stereocenters. The summed E-state index contributed by atoms with van der Waals surface area (Å²) in [6.45, 7) is 0.208. The molecule has 0 aliphatic rings. The van der Waals surface area contributed by atoms with Crippen molar-refractivity contribution in [2.75, 3.05) is 17.2 Å². The molecule has 0 atom stereocenters. The Morgan fingerprint density at radius 2 is 1.62 bits per heavy atom. The van der Waals surface area contributed by atoms with Crippen LogP contribution in [0.2, 0.25) is 0 Å². The number of carbonyl (C=O) groups is 1. The molecular weight excluding hydrogens is 364 g/mol. The Labute approximate surface area is 149 Å². The Morgan fingerprint density at radius 1 is 0.875 bits per heavy atom. The number of benzene rings is 3. The van der Waals surface area contributed by atoms with E-state index in [4.69, 9.17) is 0 Å². The van der Waals surface area contributed by atoms with Gasteiger partial charge in [0.15, 0.2) is 0 Å². The monoisotopic (exact) mass is 380 g/mol. The molecule has 0 aromatic heterocycles. The number of para-hydroxylation sites is 1. The largest absolute Gasteiger partial charge is 0.376 e. The zero-order valence-corrected chi connectivity index (χ0v) is 14.6. The van der Waals surface area contributed by atoms with Crippen LogP contribution < -0.4 is 10.6 Å². The van der Waals surface area contributed by atoms with Crippen LogP contribution in [-0.4, -0.2) is 12.5 Å². The SMILES string of the molecule is O=C(CNc1cccc(Br)c1)Nc1ccccc1-c1ccccc1. The highest BCUT2D eigenvalue weighted by Crippen LogP contribution is 2.27. The fourth-order valence-corrected chi connectivity index (χ4v) is 2.84. The van der Waals surface area contributed by atoms with Crippen LogP contribution in [0.3, 0.4) is 0 Å². The number of halogens is 1. The highest BCUT2D eigenvalue weighted by molar-refractivity contribution is 9.10. The van der Waals surface area contributed by atoms with Crippen molar-refractivity contribution in [2.45, 2.75) is 0 Å². The Bertz CT molecular complexity index is 834. The molecule has 0 fully saturated rings. The highest BCUT2D eigenvalue weighted by atomic mass is 79.9. The zero-order valence-electron chi connectivity index (χ0n) is 13.0. The lowest BCUT2D eigenvalue weighted by Crippen LogP contribution is -2.22. The van der Waals surface area contributed by atoms with Gasteiger partial charge in [-0.15, -0.1) is 0 Å². The lowest BCUT2D eigenvalue weighted by atomic mass is 10.0. The van der Waals surface area contributed by atoms with Gasteiger partial charge in [0.2, 0.25) is 5.91 Å². The normalized spacial score (nSPS) is 10.2. The summed E-state index contributed by atoms with van der Waals surface area (Å²) < 4.78 is 0.974. The van der Waals surface area contributed by atoms with E-state index in [1.807, 2.05) is 78.9 Å². The third kappa shape index (κ3) is 4.24. The van der Waals surface area contributed by atoms with Gasteiger partial charge in [-0.3, -0.25) is 4.79 Å². The average Bonchev–Trinajstić information content (AvgIpc) is 2.61. The molecule has 3 rings (SSSR count). The summed E-state index contributed by atoms with van der Waals surface area (Å²) in [7, 11) is 0. The summed E-state index contributed by atoms with van der Waals surface area (Å²) in [6, 6.07) is 25.6. The summed E-state index contributed by atoms with van der Waals surface area (Å²) in [5.74, 6) is -0.0849. The first kappa shape index (κ1) is 16.3. The predicted molar refractivity (Wildman–Crippen MR) is 103 cm³/mol. The van der Waals surface area contributed by atoms with Crippen molar-refractivity contribution in [1.29, 1.82) is 0 Å². The smallest absolute Gasteiger partial charge is 0.243 e. The predicted octanol–water partition coefficient (Wildman–Crippen LogP) is 5.17. The minimum Gasteiger partial charge on any atom is -0.376 e. The summed E-state index contributed by atoms with van der Waals surface area (Å²) in [4.78, 5) is 12.3. The van der Waals surface area contributed by atoms with Crippen LogP contribution >= 0.6 is 15.9 Å². The van der Waals surface area contributed by atoms with E-state index in [2.05, 4.69) is 26.6 Å². The number of hydrogen-bond acceptors (Lipinski definition) is 2. The molecule has 0 aliphatic carbocycles. The molecule has 3 aromatic carbocycles. The van der Waals surface area contributed by atoms with E-state index >= 15 is 0 Å². The molecule has 0 bridgehead atoms. The number of rotatable bonds is 5. The number of nitrogens with one attached hydrogen (secondary N) is 2. The third-order valence-electron chi connectivity index (χ3n) is 3.56. The van der Waals surface area contributed by atoms with Crippen molar-refractivity contribution >= 4 is 33.2 Å². The first-order valence-electron chi connectivity index (χ1n) is 7.66. The quantitative estimate of drug-likeness (QED) is 0.641. The number of amides is 1. The van der Waals surface area contributed by atoms with Gasteiger partial charge in [0.25, 0.3) is 0 Å². The summed E-state index contributed by atoms with van der Waals surface area (Å²) in [5.41, 5.74) is 3.79. The minimum absolute atomic E-state index is 0.0849. The van der Waals surface area contributed by atoms with Crippen LogP contribution in [0.4, 0.5) is 11.4 Å². The van der Waals surface area contributed by atoms with Gasteiger partial charge in [-0.05, 0) is 29.8 Å². The fourth-order valence-electron chi connectivity index (χ4n) is 2.44. The van der Waals surface area contributed by atoms with Crippen molar-refractivity contribution in [1.82, 2.24) is 0 Å². The Kier molecular flexibility index (Phi) is 5.29. The van der Waals surface area contributed by atoms with E-state index in [0.717, 1.165) is 27.0 Å². The van der Waals surface area contributed by atoms with E-state index in [-0.39, 0.29) is 12.5 Å². The molecule has 0 saturated carbocycles. The molecule has 0 radical (unpaired) electrons. The fraction of sp³-hybridized carbons (Fsp3) is 0.0500. The van der Waals surface area contributed by atoms with Crippen LogP contribution in [0, 0.1) is 0 Å². The second-order valence-electron chi connectivity index (χ2n) is 5.32. The summed E-state index contributed by atoms with van der Waals surface area (Å²) in [5, 5.41) is 6.10. The van der Waals surface area contributed by atoms with E-state index in [9.17, 15) is 4.79 Å². The first-order chi connectivity index (χ1) is 11.7. The second-order valence-corrected chi connectivity index (χ2v) is 6.24. The van der Waals surface area contributed by atoms with E-state index in [1.54, 1.807) is 0 Å². The molecule has 1 amide bonds. The van der Waals surface area contributed by atoms with E-state index in [0.29, 0.717) is 0 Å². The molecule has 24 heavy (non-hydrogen) atoms. The van der Waals surface area contributed by atoms with Gasteiger partial charge in [-0.2, -0.15) is 0 Å². The van der Waals surface area contributed by atoms with Crippen molar-refractivity contribution in [3.05, 3.63) is 83.3 Å². The average molecular weight is 381 g/mol. The van der Waals surface area contributed by atoms with Gasteiger partial charge in [-0.1, -0.05) is 70.5 Å². The van der Waals surface area contributed by atoms with Gasteiger partial charge >= 0.3 is 0 Å². The third-order valence-corrected chi connectivity index (χ3v) is 4.06. The van der Waals surface area contributed by atoms with Gasteiger partial charge in [0.1, 0.15) is 0 Å². The lowest BCUT2D eigenvalue weighted by molar-refractivity contribution is -0.114. The molecule has 3 aromatic rings. The maximum atomic E-state index is 12.3. The zero-order chi connectivity index (χ0) is 16.8. The van der Waals surface area contributed by atoms with Gasteiger partial charge in [-0.25, -0.2) is 0 Å². The van der Waals surface area contributed by atoms with Crippen molar-refractivity contribution in [3.8, 4) is 11.1 Å². The lowest BCUT2D eigenvalue weighted by Gasteiger charge is -2.12. The van der Waals surface area contributed by atoms with E-state index in [1.165, 1.54) is 0 Å². The molecule has 2 N–H and O–H groups in total. The van der Waals surface area contributed by atoms with Gasteiger partial charge < -0.3 is 10.6 Å². The van der Waals surface area contributed by atoms with Crippen LogP contribution in [0.1, 0.15) is 0 Å². The van der Waals surface area contributed by atoms with Crippen molar-refractivity contribution < 1.29 is 4.79 Å². The summed E-state index contributed by atoms with van der Waals surface area (Å²) in [6.07, 6.45) is 0. The molecule has 0 saturated heterocycles. The molecule has 0 heterocycles. The van der Waals surface area contributed by atoms with Gasteiger partial charge in [0, 0.05) is 21.4 Å². The van der Waals surface area contributed by atoms with E-state index < -0.39 is 0 Å². The molecular formula is C20H17BrN2O. The first-order valence-corrected chi connectivity index (χ1v) is 8.45. The second kappa shape index (κ2) is 7.79.